The second-order valence-corrected chi connectivity index (χ2v) is 4.91. The summed E-state index contributed by atoms with van der Waals surface area (Å²) in [6.45, 7) is 0. The summed E-state index contributed by atoms with van der Waals surface area (Å²) in [5.74, 6) is -4.75. The topological polar surface area (TPSA) is 38.3 Å². The molecule has 0 fully saturated rings. The summed E-state index contributed by atoms with van der Waals surface area (Å²) in [6, 6.07) is 6.08. The third-order valence-electron chi connectivity index (χ3n) is 2.67. The van der Waals surface area contributed by atoms with Gasteiger partial charge in [0.05, 0.1) is 12.8 Å². The van der Waals surface area contributed by atoms with E-state index in [1.807, 2.05) is 0 Å². The van der Waals surface area contributed by atoms with Gasteiger partial charge in [0.1, 0.15) is 5.75 Å². The van der Waals surface area contributed by atoms with E-state index in [1.54, 1.807) is 12.1 Å². The number of rotatable bonds is 3. The Hall–Kier alpha value is -2.02. The van der Waals surface area contributed by atoms with E-state index in [4.69, 9.17) is 4.74 Å². The molecule has 3 nitrogen and oxygen atoms in total. The molecule has 0 atom stereocenters. The highest BCUT2D eigenvalue weighted by molar-refractivity contribution is 9.10. The highest BCUT2D eigenvalue weighted by Gasteiger charge is 2.16. The van der Waals surface area contributed by atoms with Crippen LogP contribution in [0, 0.1) is 17.5 Å². The molecule has 0 unspecified atom stereocenters. The number of carbonyl (C=O) groups is 1. The van der Waals surface area contributed by atoms with E-state index < -0.39 is 23.4 Å². The van der Waals surface area contributed by atoms with Crippen molar-refractivity contribution in [1.82, 2.24) is 0 Å². The minimum absolute atomic E-state index is 0.332. The predicted octanol–water partition coefficient (Wildman–Crippen LogP) is 4.13. The summed E-state index contributed by atoms with van der Waals surface area (Å²) >= 11 is 3.22. The molecule has 0 aliphatic carbocycles. The van der Waals surface area contributed by atoms with Gasteiger partial charge in [-0.25, -0.2) is 13.2 Å². The quantitative estimate of drug-likeness (QED) is 0.836. The van der Waals surface area contributed by atoms with Gasteiger partial charge in [-0.15, -0.1) is 0 Å². The molecule has 110 valence electrons. The maximum atomic E-state index is 13.1. The molecule has 1 N–H and O–H groups in total. The Morgan fingerprint density at radius 1 is 1.14 bits per heavy atom. The largest absolute Gasteiger partial charge is 0.497 e. The number of ether oxygens (including phenoxy) is 1. The Labute approximate surface area is 126 Å². The standard InChI is InChI=1S/C14H9BrF3NO2/c1-21-8-2-3-9(15)12(6-8)19-14(20)7-4-10(16)13(18)11(17)5-7/h2-6H,1H3,(H,19,20). The van der Waals surface area contributed by atoms with E-state index in [0.717, 1.165) is 0 Å². The molecule has 7 heteroatoms. The van der Waals surface area contributed by atoms with Crippen molar-refractivity contribution in [2.75, 3.05) is 12.4 Å². The van der Waals surface area contributed by atoms with E-state index in [-0.39, 0.29) is 5.56 Å². The summed E-state index contributed by atoms with van der Waals surface area (Å²) in [4.78, 5) is 12.0. The molecule has 2 rings (SSSR count). The average Bonchev–Trinajstić information content (AvgIpc) is 2.46. The molecule has 0 saturated carbocycles. The van der Waals surface area contributed by atoms with Crippen LogP contribution in [0.3, 0.4) is 0 Å². The molecule has 2 aromatic carbocycles. The molecule has 0 heterocycles. The number of hydrogen-bond donors (Lipinski definition) is 1. The predicted molar refractivity (Wildman–Crippen MR) is 75.0 cm³/mol. The van der Waals surface area contributed by atoms with Gasteiger partial charge in [-0.2, -0.15) is 0 Å². The average molecular weight is 360 g/mol. The van der Waals surface area contributed by atoms with Crippen molar-refractivity contribution in [3.63, 3.8) is 0 Å². The molecule has 0 spiro atoms. The molecular formula is C14H9BrF3NO2. The highest BCUT2D eigenvalue weighted by Crippen LogP contribution is 2.27. The second kappa shape index (κ2) is 6.17. The first-order valence-corrected chi connectivity index (χ1v) is 6.51. The maximum absolute atomic E-state index is 13.1. The molecule has 2 aromatic rings. The number of amides is 1. The van der Waals surface area contributed by atoms with Gasteiger partial charge in [0, 0.05) is 16.1 Å². The van der Waals surface area contributed by atoms with Crippen LogP contribution in [0.4, 0.5) is 18.9 Å². The number of nitrogens with one attached hydrogen (secondary N) is 1. The monoisotopic (exact) mass is 359 g/mol. The van der Waals surface area contributed by atoms with Crippen LogP contribution in [0.1, 0.15) is 10.4 Å². The normalized spacial score (nSPS) is 10.3. The minimum atomic E-state index is -1.62. The maximum Gasteiger partial charge on any atom is 0.255 e. The molecule has 1 amide bonds. The fourth-order valence-corrected chi connectivity index (χ4v) is 1.95. The van der Waals surface area contributed by atoms with Crippen LogP contribution in [0.5, 0.6) is 5.75 Å². The summed E-state index contributed by atoms with van der Waals surface area (Å²) in [5.41, 5.74) is 0.0191. The Morgan fingerprint density at radius 3 is 2.33 bits per heavy atom. The first kappa shape index (κ1) is 15.4. The first-order chi connectivity index (χ1) is 9.92. The van der Waals surface area contributed by atoms with Gasteiger partial charge >= 0.3 is 0 Å². The smallest absolute Gasteiger partial charge is 0.255 e. The fourth-order valence-electron chi connectivity index (χ4n) is 1.61. The number of hydrogen-bond acceptors (Lipinski definition) is 2. The highest BCUT2D eigenvalue weighted by atomic mass is 79.9. The number of halogens is 4. The molecule has 0 aliphatic rings. The zero-order chi connectivity index (χ0) is 15.6. The lowest BCUT2D eigenvalue weighted by molar-refractivity contribution is 0.102. The van der Waals surface area contributed by atoms with Crippen LogP contribution in [-0.2, 0) is 0 Å². The molecule has 0 aliphatic heterocycles. The van der Waals surface area contributed by atoms with E-state index in [0.29, 0.717) is 28.0 Å². The van der Waals surface area contributed by atoms with Gasteiger partial charge in [0.25, 0.3) is 5.91 Å². The van der Waals surface area contributed by atoms with Crippen molar-refractivity contribution >= 4 is 27.5 Å². The van der Waals surface area contributed by atoms with Crippen LogP contribution >= 0.6 is 15.9 Å². The van der Waals surface area contributed by atoms with E-state index in [9.17, 15) is 18.0 Å². The van der Waals surface area contributed by atoms with E-state index in [2.05, 4.69) is 21.2 Å². The Kier molecular flexibility index (Phi) is 4.52. The van der Waals surface area contributed by atoms with Crippen LogP contribution in [0.2, 0.25) is 0 Å². The van der Waals surface area contributed by atoms with Crippen LogP contribution in [0.15, 0.2) is 34.8 Å². The molecule has 0 saturated heterocycles. The number of carbonyl (C=O) groups excluding carboxylic acids is 1. The molecule has 0 bridgehead atoms. The summed E-state index contributed by atoms with van der Waals surface area (Å²) in [7, 11) is 1.46. The van der Waals surface area contributed by atoms with Crippen molar-refractivity contribution in [2.45, 2.75) is 0 Å². The lowest BCUT2D eigenvalue weighted by atomic mass is 10.2. The van der Waals surface area contributed by atoms with Crippen molar-refractivity contribution < 1.29 is 22.7 Å². The molecule has 0 radical (unpaired) electrons. The number of benzene rings is 2. The Morgan fingerprint density at radius 2 is 1.76 bits per heavy atom. The minimum Gasteiger partial charge on any atom is -0.497 e. The van der Waals surface area contributed by atoms with Crippen LogP contribution in [0.25, 0.3) is 0 Å². The fraction of sp³-hybridized carbons (Fsp3) is 0.0714. The summed E-state index contributed by atoms with van der Waals surface area (Å²) < 4.78 is 44.6. The van der Waals surface area contributed by atoms with Crippen LogP contribution in [-0.4, -0.2) is 13.0 Å². The first-order valence-electron chi connectivity index (χ1n) is 5.72. The van der Waals surface area contributed by atoms with E-state index >= 15 is 0 Å². The SMILES string of the molecule is COc1ccc(Br)c(NC(=O)c2cc(F)c(F)c(F)c2)c1. The van der Waals surface area contributed by atoms with Crippen LogP contribution < -0.4 is 10.1 Å². The molecule has 0 aromatic heterocycles. The van der Waals surface area contributed by atoms with Crippen molar-refractivity contribution in [3.8, 4) is 5.75 Å². The lowest BCUT2D eigenvalue weighted by Crippen LogP contribution is -2.13. The Balaban J connectivity index is 2.30. The number of anilines is 1. The third kappa shape index (κ3) is 3.36. The van der Waals surface area contributed by atoms with Gasteiger partial charge in [0.2, 0.25) is 0 Å². The van der Waals surface area contributed by atoms with Gasteiger partial charge < -0.3 is 10.1 Å². The number of methoxy groups -OCH3 is 1. The Bertz CT molecular complexity index is 684. The second-order valence-electron chi connectivity index (χ2n) is 4.05. The molecular weight excluding hydrogens is 351 g/mol. The van der Waals surface area contributed by atoms with Crippen molar-refractivity contribution in [1.29, 1.82) is 0 Å². The zero-order valence-electron chi connectivity index (χ0n) is 10.7. The lowest BCUT2D eigenvalue weighted by Gasteiger charge is -2.09. The summed E-state index contributed by atoms with van der Waals surface area (Å²) in [5, 5.41) is 2.45. The van der Waals surface area contributed by atoms with Gasteiger partial charge in [-0.05, 0) is 40.2 Å². The van der Waals surface area contributed by atoms with Gasteiger partial charge in [-0.1, -0.05) is 0 Å². The van der Waals surface area contributed by atoms with Crippen molar-refractivity contribution in [2.24, 2.45) is 0 Å². The van der Waals surface area contributed by atoms with Crippen molar-refractivity contribution in [3.05, 3.63) is 57.8 Å². The third-order valence-corrected chi connectivity index (χ3v) is 3.36. The molecule has 21 heavy (non-hydrogen) atoms. The van der Waals surface area contributed by atoms with Gasteiger partial charge in [0.15, 0.2) is 17.5 Å². The van der Waals surface area contributed by atoms with Gasteiger partial charge in [-0.3, -0.25) is 4.79 Å². The zero-order valence-corrected chi connectivity index (χ0v) is 12.3. The van der Waals surface area contributed by atoms with E-state index in [1.165, 1.54) is 13.2 Å². The summed E-state index contributed by atoms with van der Waals surface area (Å²) in [6.07, 6.45) is 0.